The van der Waals surface area contributed by atoms with Gasteiger partial charge in [0.1, 0.15) is 29.2 Å². The average Bonchev–Trinajstić information content (AvgIpc) is 3.89. The van der Waals surface area contributed by atoms with Gasteiger partial charge in [-0.25, -0.2) is 9.99 Å². The van der Waals surface area contributed by atoms with E-state index in [-0.39, 0.29) is 30.4 Å². The third-order valence-corrected chi connectivity index (χ3v) is 10.1. The molecule has 3 atom stereocenters. The highest BCUT2D eigenvalue weighted by atomic mass is 16.5. The van der Waals surface area contributed by atoms with Gasteiger partial charge in [-0.3, -0.25) is 19.3 Å². The zero-order chi connectivity index (χ0) is 31.3. The molecule has 0 aliphatic carbocycles. The highest BCUT2D eigenvalue weighted by Crippen LogP contribution is 2.42. The lowest BCUT2D eigenvalue weighted by atomic mass is 9.83. The smallest absolute Gasteiger partial charge is 0.250 e. The molecule has 4 aromatic rings. The fourth-order valence-corrected chi connectivity index (χ4v) is 7.62. The van der Waals surface area contributed by atoms with E-state index in [0.29, 0.717) is 38.5 Å². The normalized spacial score (nSPS) is 25.2. The number of ether oxygens (including phenoxy) is 1. The first kappa shape index (κ1) is 29.0. The van der Waals surface area contributed by atoms with Crippen LogP contribution in [0.2, 0.25) is 0 Å². The summed E-state index contributed by atoms with van der Waals surface area (Å²) in [5.41, 5.74) is 5.13. The lowest BCUT2D eigenvalue weighted by Crippen LogP contribution is -2.48. The molecule has 0 bridgehead atoms. The average molecular weight is 622 g/mol. The molecular weight excluding hydrogens is 582 g/mol. The number of nitrogens with zero attached hydrogens (tertiary/aromatic N) is 8. The van der Waals surface area contributed by atoms with Gasteiger partial charge >= 0.3 is 0 Å². The summed E-state index contributed by atoms with van der Waals surface area (Å²) in [4.78, 5) is 40.8. The monoisotopic (exact) mass is 621 g/mol. The van der Waals surface area contributed by atoms with Gasteiger partial charge in [-0.2, -0.15) is 15.0 Å². The molecule has 3 saturated heterocycles. The van der Waals surface area contributed by atoms with E-state index in [4.69, 9.17) is 9.84 Å². The minimum Gasteiger partial charge on any atom is -0.372 e. The van der Waals surface area contributed by atoms with Crippen molar-refractivity contribution in [1.29, 1.82) is 0 Å². The van der Waals surface area contributed by atoms with E-state index in [1.165, 1.54) is 5.57 Å². The fourth-order valence-electron chi connectivity index (χ4n) is 7.62. The van der Waals surface area contributed by atoms with Crippen LogP contribution in [0.1, 0.15) is 62.3 Å². The Hall–Kier alpha value is -4.42. The maximum Gasteiger partial charge on any atom is 0.250 e. The molecule has 3 fully saturated rings. The van der Waals surface area contributed by atoms with E-state index < -0.39 is 5.41 Å². The second-order valence-electron chi connectivity index (χ2n) is 13.1. The van der Waals surface area contributed by atoms with E-state index in [1.807, 2.05) is 36.2 Å². The Balaban J connectivity index is 1.02. The number of rotatable bonds is 6. The second kappa shape index (κ2) is 11.7. The SMILES string of the molecule is Cn1cnc(-c2ccc(C3=CCN(C(=O)C[C@@H]4CC5(CCNC5)C(=O)N4n4nc(C5CCCCO5)c5ncccc54)CC3)cc2)n1. The summed E-state index contributed by atoms with van der Waals surface area (Å²) < 4.78 is 7.80. The number of aryl methyl sites for hydroxylation is 1. The Morgan fingerprint density at radius 2 is 1.98 bits per heavy atom. The van der Waals surface area contributed by atoms with Gasteiger partial charge in [-0.05, 0) is 68.3 Å². The number of pyridine rings is 1. The van der Waals surface area contributed by atoms with E-state index in [1.54, 1.807) is 27.0 Å². The summed E-state index contributed by atoms with van der Waals surface area (Å²) in [6.45, 7) is 3.29. The largest absolute Gasteiger partial charge is 0.372 e. The Kier molecular flexibility index (Phi) is 7.41. The Morgan fingerprint density at radius 1 is 1.11 bits per heavy atom. The van der Waals surface area contributed by atoms with Gasteiger partial charge < -0.3 is 15.0 Å². The first-order chi connectivity index (χ1) is 22.5. The molecule has 2 unspecified atom stereocenters. The summed E-state index contributed by atoms with van der Waals surface area (Å²) in [6.07, 6.45) is 10.8. The molecule has 1 N–H and O–H groups in total. The van der Waals surface area contributed by atoms with E-state index in [0.717, 1.165) is 66.5 Å². The highest BCUT2D eigenvalue weighted by molar-refractivity contribution is 5.97. The van der Waals surface area contributed by atoms with Crippen molar-refractivity contribution in [1.82, 2.24) is 39.9 Å². The number of carbonyl (C=O) groups excluding carboxylic acids is 2. The predicted octanol–water partition coefficient (Wildman–Crippen LogP) is 3.39. The summed E-state index contributed by atoms with van der Waals surface area (Å²) in [5, 5.41) is 14.6. The third kappa shape index (κ3) is 5.09. The van der Waals surface area contributed by atoms with Gasteiger partial charge in [0, 0.05) is 51.5 Å². The summed E-state index contributed by atoms with van der Waals surface area (Å²) in [6, 6.07) is 11.8. The predicted molar refractivity (Wildman–Crippen MR) is 172 cm³/mol. The van der Waals surface area contributed by atoms with Crippen molar-refractivity contribution in [3.05, 3.63) is 66.3 Å². The second-order valence-corrected chi connectivity index (χ2v) is 13.1. The van der Waals surface area contributed by atoms with Crippen molar-refractivity contribution < 1.29 is 14.3 Å². The van der Waals surface area contributed by atoms with E-state index in [2.05, 4.69) is 38.6 Å². The number of aromatic nitrogens is 6. The molecule has 0 saturated carbocycles. The molecule has 1 aromatic carbocycles. The topological polar surface area (TPSA) is 123 Å². The molecule has 2 amide bonds. The van der Waals surface area contributed by atoms with Crippen LogP contribution >= 0.6 is 0 Å². The van der Waals surface area contributed by atoms with Gasteiger partial charge in [0.15, 0.2) is 5.82 Å². The highest BCUT2D eigenvalue weighted by Gasteiger charge is 2.55. The molecule has 7 heterocycles. The molecule has 1 spiro atoms. The fraction of sp³-hybridized carbons (Fsp3) is 0.471. The first-order valence-corrected chi connectivity index (χ1v) is 16.4. The van der Waals surface area contributed by atoms with Crippen molar-refractivity contribution in [3.8, 4) is 11.4 Å². The number of hydrogen-bond acceptors (Lipinski definition) is 8. The third-order valence-electron chi connectivity index (χ3n) is 10.1. The lowest BCUT2D eigenvalue weighted by molar-refractivity contribution is -0.131. The van der Waals surface area contributed by atoms with Crippen molar-refractivity contribution in [3.63, 3.8) is 0 Å². The van der Waals surface area contributed by atoms with Crippen LogP contribution in [0.4, 0.5) is 0 Å². The van der Waals surface area contributed by atoms with Gasteiger partial charge in [-0.1, -0.05) is 30.3 Å². The summed E-state index contributed by atoms with van der Waals surface area (Å²) in [7, 11) is 1.86. The van der Waals surface area contributed by atoms with E-state index >= 15 is 0 Å². The molecular formula is C34H39N9O3. The molecule has 3 aromatic heterocycles. The molecule has 8 rings (SSSR count). The van der Waals surface area contributed by atoms with Crippen LogP contribution in [0.3, 0.4) is 0 Å². The van der Waals surface area contributed by atoms with Crippen molar-refractivity contribution in [2.75, 3.05) is 37.8 Å². The maximum atomic E-state index is 14.3. The zero-order valence-corrected chi connectivity index (χ0v) is 26.1. The van der Waals surface area contributed by atoms with Crippen molar-refractivity contribution in [2.45, 2.75) is 57.1 Å². The first-order valence-electron chi connectivity index (χ1n) is 16.4. The Bertz CT molecular complexity index is 1800. The van der Waals surface area contributed by atoms with Crippen LogP contribution in [-0.4, -0.2) is 85.2 Å². The lowest BCUT2D eigenvalue weighted by Gasteiger charge is -2.30. The molecule has 4 aliphatic heterocycles. The molecule has 0 radical (unpaired) electrons. The number of hydrogen-bond donors (Lipinski definition) is 1. The minimum atomic E-state index is -0.529. The van der Waals surface area contributed by atoms with Crippen LogP contribution in [0.5, 0.6) is 0 Å². The molecule has 46 heavy (non-hydrogen) atoms. The summed E-state index contributed by atoms with van der Waals surface area (Å²) in [5.74, 6) is 0.795. The number of carbonyl (C=O) groups is 2. The zero-order valence-electron chi connectivity index (χ0n) is 26.1. The van der Waals surface area contributed by atoms with Crippen LogP contribution in [0, 0.1) is 5.41 Å². The molecule has 238 valence electrons. The van der Waals surface area contributed by atoms with Crippen LogP contribution in [-0.2, 0) is 21.4 Å². The number of fused-ring (bicyclic) bond motifs is 1. The maximum absolute atomic E-state index is 14.3. The number of benzene rings is 1. The van der Waals surface area contributed by atoms with Gasteiger partial charge in [0.25, 0.3) is 5.91 Å². The number of nitrogens with one attached hydrogen (secondary N) is 1. The van der Waals surface area contributed by atoms with Crippen LogP contribution in [0.15, 0.2) is 55.0 Å². The van der Waals surface area contributed by atoms with Gasteiger partial charge in [0.05, 0.1) is 11.5 Å². The molecule has 4 aliphatic rings. The number of amides is 2. The molecule has 12 nitrogen and oxygen atoms in total. The van der Waals surface area contributed by atoms with E-state index in [9.17, 15) is 9.59 Å². The Morgan fingerprint density at radius 3 is 2.70 bits per heavy atom. The van der Waals surface area contributed by atoms with Crippen molar-refractivity contribution in [2.24, 2.45) is 12.5 Å². The summed E-state index contributed by atoms with van der Waals surface area (Å²) >= 11 is 0. The van der Waals surface area contributed by atoms with Crippen molar-refractivity contribution >= 4 is 28.4 Å². The van der Waals surface area contributed by atoms with Crippen LogP contribution < -0.4 is 10.3 Å². The Labute approximate surface area is 267 Å². The standard InChI is InChI=1S/C34H39N9O3/c1-40-22-37-32(39-40)25-9-7-23(8-10-25)24-11-16-41(17-12-24)29(44)19-26-20-34(13-15-35-21-34)33(45)42(26)43-27-5-4-14-36-30(27)31(38-43)28-6-2-3-18-46-28/h4-5,7-11,14,22,26,28,35H,2-3,6,12-13,15-21H2,1H3/t26-,28?,34?/m1/s1. The van der Waals surface area contributed by atoms with Gasteiger partial charge in [0.2, 0.25) is 5.91 Å². The van der Waals surface area contributed by atoms with Crippen LogP contribution in [0.25, 0.3) is 28.0 Å². The minimum absolute atomic E-state index is 0.0323. The van der Waals surface area contributed by atoms with Gasteiger partial charge in [-0.15, -0.1) is 0 Å². The quantitative estimate of drug-likeness (QED) is 0.348. The molecule has 12 heteroatoms.